The van der Waals surface area contributed by atoms with Crippen LogP contribution in [-0.4, -0.2) is 34.7 Å². The fourth-order valence-electron chi connectivity index (χ4n) is 2.81. The van der Waals surface area contributed by atoms with Gasteiger partial charge in [0.1, 0.15) is 0 Å². The first-order valence-corrected chi connectivity index (χ1v) is 9.25. The molecule has 0 aromatic carbocycles. The molecule has 3 heterocycles. The smallest absolute Gasteiger partial charge is 0.262 e. The molecule has 8 heteroatoms. The molecule has 0 spiro atoms. The highest BCUT2D eigenvalue weighted by Gasteiger charge is 2.39. The van der Waals surface area contributed by atoms with Gasteiger partial charge in [0.2, 0.25) is 0 Å². The Balaban J connectivity index is 2.12. The maximum absolute atomic E-state index is 12.9. The van der Waals surface area contributed by atoms with Crippen LogP contribution in [0.25, 0.3) is 4.96 Å². The van der Waals surface area contributed by atoms with E-state index in [1.54, 1.807) is 14.9 Å². The van der Waals surface area contributed by atoms with Crippen molar-refractivity contribution in [1.82, 2.24) is 13.7 Å². The van der Waals surface area contributed by atoms with Crippen LogP contribution in [0.5, 0.6) is 0 Å². The summed E-state index contributed by atoms with van der Waals surface area (Å²) in [6.45, 7) is 4.66. The molecule has 1 aliphatic heterocycles. The maximum atomic E-state index is 12.9. The second-order valence-corrected chi connectivity index (χ2v) is 8.37. The highest BCUT2D eigenvalue weighted by Crippen LogP contribution is 2.34. The number of sulfonamides is 1. The first-order valence-electron chi connectivity index (χ1n) is 6.56. The SMILES string of the molecule is CC(C)C1CCCN1S(=O)(=O)c1c(Cl)nc2sccn12. The monoisotopic (exact) mass is 333 g/mol. The van der Waals surface area contributed by atoms with Crippen molar-refractivity contribution in [3.63, 3.8) is 0 Å². The minimum Gasteiger partial charge on any atom is -0.279 e. The molecule has 0 amide bonds. The fraction of sp³-hybridized carbons (Fsp3) is 0.583. The number of halogens is 1. The first-order chi connectivity index (χ1) is 9.43. The van der Waals surface area contributed by atoms with Gasteiger partial charge in [-0.1, -0.05) is 25.4 Å². The van der Waals surface area contributed by atoms with Crippen molar-refractivity contribution in [2.45, 2.75) is 37.8 Å². The van der Waals surface area contributed by atoms with Crippen LogP contribution in [0.3, 0.4) is 0 Å². The zero-order valence-electron chi connectivity index (χ0n) is 11.3. The largest absolute Gasteiger partial charge is 0.279 e. The van der Waals surface area contributed by atoms with E-state index in [9.17, 15) is 8.42 Å². The number of fused-ring (bicyclic) bond motifs is 1. The van der Waals surface area contributed by atoms with E-state index < -0.39 is 10.0 Å². The van der Waals surface area contributed by atoms with Crippen LogP contribution in [0, 0.1) is 5.92 Å². The van der Waals surface area contributed by atoms with E-state index in [0.717, 1.165) is 12.8 Å². The van der Waals surface area contributed by atoms with Crippen LogP contribution in [0.4, 0.5) is 0 Å². The topological polar surface area (TPSA) is 54.7 Å². The van der Waals surface area contributed by atoms with E-state index in [1.165, 1.54) is 11.3 Å². The molecule has 5 nitrogen and oxygen atoms in total. The summed E-state index contributed by atoms with van der Waals surface area (Å²) in [4.78, 5) is 4.73. The van der Waals surface area contributed by atoms with Crippen LogP contribution in [0.15, 0.2) is 16.6 Å². The Labute approximate surface area is 127 Å². The molecule has 110 valence electrons. The lowest BCUT2D eigenvalue weighted by Gasteiger charge is -2.26. The lowest BCUT2D eigenvalue weighted by atomic mass is 10.0. The summed E-state index contributed by atoms with van der Waals surface area (Å²) < 4.78 is 29.0. The number of thiazole rings is 1. The van der Waals surface area contributed by atoms with Gasteiger partial charge in [-0.2, -0.15) is 4.31 Å². The molecule has 20 heavy (non-hydrogen) atoms. The molecule has 0 N–H and O–H groups in total. The maximum Gasteiger partial charge on any atom is 0.262 e. The normalized spacial score (nSPS) is 21.3. The molecule has 0 bridgehead atoms. The third-order valence-corrected chi connectivity index (χ3v) is 6.83. The lowest BCUT2D eigenvalue weighted by molar-refractivity contribution is 0.314. The summed E-state index contributed by atoms with van der Waals surface area (Å²) in [5.41, 5.74) is 0. The number of nitrogens with zero attached hydrogens (tertiary/aromatic N) is 3. The van der Waals surface area contributed by atoms with Crippen molar-refractivity contribution in [3.05, 3.63) is 16.7 Å². The number of hydrogen-bond donors (Lipinski definition) is 0. The third-order valence-electron chi connectivity index (χ3n) is 3.75. The lowest BCUT2D eigenvalue weighted by Crippen LogP contribution is -2.39. The Morgan fingerprint density at radius 1 is 1.50 bits per heavy atom. The number of aromatic nitrogens is 2. The van der Waals surface area contributed by atoms with Crippen molar-refractivity contribution in [3.8, 4) is 0 Å². The standard InChI is InChI=1S/C12H16ClN3O2S2/c1-8(2)9-4-3-5-16(9)20(17,18)11-10(13)14-12-15(11)6-7-19-12/h6-9H,3-5H2,1-2H3. The van der Waals surface area contributed by atoms with E-state index in [0.29, 0.717) is 11.5 Å². The minimum absolute atomic E-state index is 0.0419. The molecule has 3 rings (SSSR count). The minimum atomic E-state index is -3.61. The molecule has 0 saturated carbocycles. The number of rotatable bonds is 3. The molecule has 2 aromatic heterocycles. The third kappa shape index (κ3) is 2.07. The average Bonchev–Trinajstić information content (AvgIpc) is 3.00. The van der Waals surface area contributed by atoms with Crippen molar-refractivity contribution in [1.29, 1.82) is 0 Å². The van der Waals surface area contributed by atoms with Crippen molar-refractivity contribution >= 4 is 37.9 Å². The predicted octanol–water partition coefficient (Wildman–Crippen LogP) is 2.86. The van der Waals surface area contributed by atoms with Crippen LogP contribution in [0.2, 0.25) is 5.15 Å². The molecular formula is C12H16ClN3O2S2. The van der Waals surface area contributed by atoms with E-state index in [4.69, 9.17) is 11.6 Å². The second-order valence-electron chi connectivity index (χ2n) is 5.33. The van der Waals surface area contributed by atoms with Gasteiger partial charge in [0.25, 0.3) is 10.0 Å². The van der Waals surface area contributed by atoms with E-state index in [-0.39, 0.29) is 22.1 Å². The Morgan fingerprint density at radius 2 is 2.25 bits per heavy atom. The van der Waals surface area contributed by atoms with Gasteiger partial charge in [-0.15, -0.1) is 11.3 Å². The summed E-state index contributed by atoms with van der Waals surface area (Å²) in [6.07, 6.45) is 3.50. The molecule has 1 saturated heterocycles. The summed E-state index contributed by atoms with van der Waals surface area (Å²) in [6, 6.07) is 0.0419. The molecule has 1 fully saturated rings. The Hall–Kier alpha value is -0.630. The van der Waals surface area contributed by atoms with Gasteiger partial charge >= 0.3 is 0 Å². The Morgan fingerprint density at radius 3 is 2.95 bits per heavy atom. The fourth-order valence-corrected chi connectivity index (χ4v) is 6.05. The van der Waals surface area contributed by atoms with Gasteiger partial charge < -0.3 is 0 Å². The molecule has 2 aromatic rings. The first kappa shape index (κ1) is 14.3. The highest BCUT2D eigenvalue weighted by molar-refractivity contribution is 7.89. The Kier molecular flexibility index (Phi) is 3.56. The number of hydrogen-bond acceptors (Lipinski definition) is 4. The Bertz CT molecular complexity index is 735. The second kappa shape index (κ2) is 4.98. The van der Waals surface area contributed by atoms with Crippen molar-refractivity contribution in [2.75, 3.05) is 6.54 Å². The van der Waals surface area contributed by atoms with Crippen LogP contribution >= 0.6 is 22.9 Å². The van der Waals surface area contributed by atoms with E-state index >= 15 is 0 Å². The van der Waals surface area contributed by atoms with Crippen molar-refractivity contribution < 1.29 is 8.42 Å². The van der Waals surface area contributed by atoms with Crippen LogP contribution < -0.4 is 0 Å². The molecular weight excluding hydrogens is 318 g/mol. The van der Waals surface area contributed by atoms with E-state index in [2.05, 4.69) is 18.8 Å². The summed E-state index contributed by atoms with van der Waals surface area (Å²) in [5.74, 6) is 0.289. The summed E-state index contributed by atoms with van der Waals surface area (Å²) in [7, 11) is -3.61. The van der Waals surface area contributed by atoms with Crippen molar-refractivity contribution in [2.24, 2.45) is 5.92 Å². The molecule has 0 aliphatic carbocycles. The van der Waals surface area contributed by atoms with Gasteiger partial charge in [-0.05, 0) is 18.8 Å². The quantitative estimate of drug-likeness (QED) is 0.867. The summed E-state index contributed by atoms with van der Waals surface area (Å²) in [5, 5.41) is 1.97. The molecule has 1 aliphatic rings. The molecule has 0 radical (unpaired) electrons. The van der Waals surface area contributed by atoms with Crippen LogP contribution in [0.1, 0.15) is 26.7 Å². The summed E-state index contributed by atoms with van der Waals surface area (Å²) >= 11 is 7.44. The zero-order valence-corrected chi connectivity index (χ0v) is 13.7. The van der Waals surface area contributed by atoms with Gasteiger partial charge in [-0.25, -0.2) is 13.4 Å². The zero-order chi connectivity index (χ0) is 14.5. The average molecular weight is 334 g/mol. The molecule has 1 atom stereocenters. The van der Waals surface area contributed by atoms with Gasteiger partial charge in [0.15, 0.2) is 15.1 Å². The highest BCUT2D eigenvalue weighted by atomic mass is 35.5. The molecule has 1 unspecified atom stereocenters. The predicted molar refractivity (Wildman–Crippen MR) is 79.8 cm³/mol. The van der Waals surface area contributed by atoms with Gasteiger partial charge in [0.05, 0.1) is 0 Å². The van der Waals surface area contributed by atoms with E-state index in [1.807, 2.05) is 5.38 Å². The van der Waals surface area contributed by atoms with Crippen LogP contribution in [-0.2, 0) is 10.0 Å². The van der Waals surface area contributed by atoms with Gasteiger partial charge in [-0.3, -0.25) is 4.40 Å². The van der Waals surface area contributed by atoms with Gasteiger partial charge in [0, 0.05) is 24.2 Å². The number of imidazole rings is 1.